The standard InChI is InChI=1S/C9H14N4/c1-2-11-9-12-6-7-5-10-4-3-8(7)13-9/h6,10H,2-5H2,1H3,(H,11,12,13). The number of fused-ring (bicyclic) bond motifs is 1. The largest absolute Gasteiger partial charge is 0.354 e. The van der Waals surface area contributed by atoms with Gasteiger partial charge in [0.25, 0.3) is 0 Å². The van der Waals surface area contributed by atoms with Crippen LogP contribution in [0.25, 0.3) is 0 Å². The maximum Gasteiger partial charge on any atom is 0.222 e. The van der Waals surface area contributed by atoms with Gasteiger partial charge in [-0.25, -0.2) is 9.97 Å². The minimum atomic E-state index is 0.753. The van der Waals surface area contributed by atoms with E-state index in [-0.39, 0.29) is 0 Å². The molecule has 4 nitrogen and oxygen atoms in total. The van der Waals surface area contributed by atoms with Gasteiger partial charge in [0, 0.05) is 37.8 Å². The fourth-order valence-corrected chi connectivity index (χ4v) is 1.48. The molecular formula is C9H14N4. The lowest BCUT2D eigenvalue weighted by atomic mass is 10.1. The number of anilines is 1. The molecule has 0 saturated heterocycles. The van der Waals surface area contributed by atoms with Crippen molar-refractivity contribution in [3.05, 3.63) is 17.5 Å². The van der Waals surface area contributed by atoms with Crippen LogP contribution in [0, 0.1) is 0 Å². The molecule has 4 heteroatoms. The second-order valence-corrected chi connectivity index (χ2v) is 3.12. The van der Waals surface area contributed by atoms with E-state index in [4.69, 9.17) is 0 Å². The van der Waals surface area contributed by atoms with E-state index in [0.29, 0.717) is 0 Å². The van der Waals surface area contributed by atoms with Crippen LogP contribution in [0.5, 0.6) is 0 Å². The Bertz CT molecular complexity index is 298. The van der Waals surface area contributed by atoms with E-state index >= 15 is 0 Å². The molecule has 0 amide bonds. The van der Waals surface area contributed by atoms with Gasteiger partial charge >= 0.3 is 0 Å². The van der Waals surface area contributed by atoms with E-state index in [1.54, 1.807) is 0 Å². The van der Waals surface area contributed by atoms with Crippen LogP contribution in [0.4, 0.5) is 5.95 Å². The Hall–Kier alpha value is -1.16. The quantitative estimate of drug-likeness (QED) is 0.694. The summed E-state index contributed by atoms with van der Waals surface area (Å²) in [5.74, 6) is 0.753. The molecule has 0 atom stereocenters. The Kier molecular flexibility index (Phi) is 2.40. The topological polar surface area (TPSA) is 49.8 Å². The number of hydrogen-bond acceptors (Lipinski definition) is 4. The number of nitrogens with one attached hydrogen (secondary N) is 2. The van der Waals surface area contributed by atoms with Crippen molar-refractivity contribution in [3.8, 4) is 0 Å². The monoisotopic (exact) mass is 178 g/mol. The molecule has 1 aliphatic rings. The zero-order valence-corrected chi connectivity index (χ0v) is 7.80. The van der Waals surface area contributed by atoms with Gasteiger partial charge in [-0.3, -0.25) is 0 Å². The molecule has 2 rings (SSSR count). The highest BCUT2D eigenvalue weighted by Gasteiger charge is 2.10. The van der Waals surface area contributed by atoms with Crippen molar-refractivity contribution in [2.75, 3.05) is 18.4 Å². The summed E-state index contributed by atoms with van der Waals surface area (Å²) in [5.41, 5.74) is 2.41. The van der Waals surface area contributed by atoms with Crippen molar-refractivity contribution in [1.82, 2.24) is 15.3 Å². The first-order valence-corrected chi connectivity index (χ1v) is 4.69. The first-order chi connectivity index (χ1) is 6.40. The average molecular weight is 178 g/mol. The molecule has 0 bridgehead atoms. The summed E-state index contributed by atoms with van der Waals surface area (Å²) in [7, 11) is 0. The SMILES string of the molecule is CCNc1ncc2c(n1)CCNC2. The maximum atomic E-state index is 4.44. The summed E-state index contributed by atoms with van der Waals surface area (Å²) in [6.07, 6.45) is 2.92. The molecular weight excluding hydrogens is 164 g/mol. The van der Waals surface area contributed by atoms with Crippen LogP contribution in [0.1, 0.15) is 18.2 Å². The van der Waals surface area contributed by atoms with Crippen LogP contribution in [0.2, 0.25) is 0 Å². The van der Waals surface area contributed by atoms with Crippen LogP contribution in [0.15, 0.2) is 6.20 Å². The number of rotatable bonds is 2. The van der Waals surface area contributed by atoms with Crippen molar-refractivity contribution in [2.45, 2.75) is 19.9 Å². The Morgan fingerprint density at radius 1 is 1.62 bits per heavy atom. The van der Waals surface area contributed by atoms with Crippen LogP contribution in [-0.2, 0) is 13.0 Å². The van der Waals surface area contributed by atoms with Crippen molar-refractivity contribution in [2.24, 2.45) is 0 Å². The van der Waals surface area contributed by atoms with Crippen molar-refractivity contribution in [1.29, 1.82) is 0 Å². The molecule has 0 unspecified atom stereocenters. The van der Waals surface area contributed by atoms with E-state index in [1.807, 2.05) is 13.1 Å². The molecule has 0 radical (unpaired) electrons. The molecule has 0 fully saturated rings. The minimum Gasteiger partial charge on any atom is -0.354 e. The third-order valence-electron chi connectivity index (χ3n) is 2.14. The van der Waals surface area contributed by atoms with Gasteiger partial charge in [0.15, 0.2) is 0 Å². The smallest absolute Gasteiger partial charge is 0.222 e. The molecule has 1 aliphatic heterocycles. The summed E-state index contributed by atoms with van der Waals surface area (Å²) in [6, 6.07) is 0. The zero-order chi connectivity index (χ0) is 9.10. The van der Waals surface area contributed by atoms with Gasteiger partial charge in [-0.15, -0.1) is 0 Å². The first kappa shape index (κ1) is 8.44. The summed E-state index contributed by atoms with van der Waals surface area (Å²) in [6.45, 7) is 4.85. The van der Waals surface area contributed by atoms with Gasteiger partial charge in [-0.05, 0) is 6.92 Å². The van der Waals surface area contributed by atoms with Gasteiger partial charge in [-0.2, -0.15) is 0 Å². The van der Waals surface area contributed by atoms with Gasteiger partial charge in [0.1, 0.15) is 0 Å². The highest BCUT2D eigenvalue weighted by Crippen LogP contribution is 2.11. The summed E-state index contributed by atoms with van der Waals surface area (Å²) < 4.78 is 0. The van der Waals surface area contributed by atoms with Crippen LogP contribution in [0.3, 0.4) is 0 Å². The lowest BCUT2D eigenvalue weighted by Crippen LogP contribution is -2.25. The predicted octanol–water partition coefficient (Wildman–Crippen LogP) is 0.554. The normalized spacial score (nSPS) is 15.2. The zero-order valence-electron chi connectivity index (χ0n) is 7.80. The molecule has 0 aliphatic carbocycles. The van der Waals surface area contributed by atoms with Crippen molar-refractivity contribution < 1.29 is 0 Å². The first-order valence-electron chi connectivity index (χ1n) is 4.69. The van der Waals surface area contributed by atoms with E-state index in [0.717, 1.165) is 32.0 Å². The van der Waals surface area contributed by atoms with E-state index < -0.39 is 0 Å². The molecule has 1 aromatic heterocycles. The minimum absolute atomic E-state index is 0.753. The molecule has 2 heterocycles. The molecule has 0 aromatic carbocycles. The average Bonchev–Trinajstić information content (AvgIpc) is 2.18. The summed E-state index contributed by atoms with van der Waals surface area (Å²) >= 11 is 0. The fraction of sp³-hybridized carbons (Fsp3) is 0.556. The van der Waals surface area contributed by atoms with Gasteiger partial charge in [0.2, 0.25) is 5.95 Å². The molecule has 70 valence electrons. The lowest BCUT2D eigenvalue weighted by molar-refractivity contribution is 0.626. The van der Waals surface area contributed by atoms with Crippen molar-refractivity contribution >= 4 is 5.95 Å². The molecule has 1 aromatic rings. The van der Waals surface area contributed by atoms with Crippen LogP contribution >= 0.6 is 0 Å². The molecule has 0 saturated carbocycles. The Balaban J connectivity index is 2.24. The highest BCUT2D eigenvalue weighted by atomic mass is 15.1. The summed E-state index contributed by atoms with van der Waals surface area (Å²) in [4.78, 5) is 8.66. The molecule has 0 spiro atoms. The third kappa shape index (κ3) is 1.78. The number of hydrogen-bond donors (Lipinski definition) is 2. The molecule has 2 N–H and O–H groups in total. The van der Waals surface area contributed by atoms with Crippen LogP contribution in [-0.4, -0.2) is 23.1 Å². The molecule has 13 heavy (non-hydrogen) atoms. The van der Waals surface area contributed by atoms with E-state index in [1.165, 1.54) is 11.3 Å². The predicted molar refractivity (Wildman–Crippen MR) is 51.6 cm³/mol. The van der Waals surface area contributed by atoms with E-state index in [2.05, 4.69) is 20.6 Å². The number of aromatic nitrogens is 2. The Morgan fingerprint density at radius 2 is 2.54 bits per heavy atom. The maximum absolute atomic E-state index is 4.44. The Labute approximate surface area is 77.8 Å². The fourth-order valence-electron chi connectivity index (χ4n) is 1.48. The van der Waals surface area contributed by atoms with Crippen LogP contribution < -0.4 is 10.6 Å². The summed E-state index contributed by atoms with van der Waals surface area (Å²) in [5, 5.41) is 6.41. The van der Waals surface area contributed by atoms with Gasteiger partial charge in [0.05, 0.1) is 5.69 Å². The second-order valence-electron chi connectivity index (χ2n) is 3.12. The number of nitrogens with zero attached hydrogens (tertiary/aromatic N) is 2. The van der Waals surface area contributed by atoms with Gasteiger partial charge < -0.3 is 10.6 Å². The van der Waals surface area contributed by atoms with Crippen molar-refractivity contribution in [3.63, 3.8) is 0 Å². The van der Waals surface area contributed by atoms with Gasteiger partial charge in [-0.1, -0.05) is 0 Å². The Morgan fingerprint density at radius 3 is 3.38 bits per heavy atom. The highest BCUT2D eigenvalue weighted by molar-refractivity contribution is 5.30. The lowest BCUT2D eigenvalue weighted by Gasteiger charge is -2.15. The third-order valence-corrected chi connectivity index (χ3v) is 2.14. The second kappa shape index (κ2) is 3.70. The van der Waals surface area contributed by atoms with E-state index in [9.17, 15) is 0 Å².